The van der Waals surface area contributed by atoms with Gasteiger partial charge in [-0.3, -0.25) is 9.48 Å². The zero-order chi connectivity index (χ0) is 15.6. The smallest absolute Gasteiger partial charge is 0.331 e. The fourth-order valence-electron chi connectivity index (χ4n) is 1.96. The van der Waals surface area contributed by atoms with Crippen molar-refractivity contribution in [3.8, 4) is 0 Å². The van der Waals surface area contributed by atoms with Crippen LogP contribution in [-0.4, -0.2) is 26.8 Å². The van der Waals surface area contributed by atoms with E-state index in [4.69, 9.17) is 0 Å². The van der Waals surface area contributed by atoms with Crippen LogP contribution in [0.1, 0.15) is 27.5 Å². The van der Waals surface area contributed by atoms with Crippen molar-refractivity contribution in [2.24, 2.45) is 7.05 Å². The topological polar surface area (TPSA) is 84.2 Å². The molecule has 2 aromatic rings. The van der Waals surface area contributed by atoms with Gasteiger partial charge in [-0.25, -0.2) is 9.18 Å². The van der Waals surface area contributed by atoms with Crippen molar-refractivity contribution in [2.45, 2.75) is 13.0 Å². The van der Waals surface area contributed by atoms with Crippen LogP contribution in [0.4, 0.5) is 4.39 Å². The minimum Gasteiger partial charge on any atom is -0.479 e. The van der Waals surface area contributed by atoms with Gasteiger partial charge in [-0.1, -0.05) is 0 Å². The van der Waals surface area contributed by atoms with Gasteiger partial charge in [0.25, 0.3) is 5.91 Å². The summed E-state index contributed by atoms with van der Waals surface area (Å²) in [7, 11) is 1.64. The van der Waals surface area contributed by atoms with Gasteiger partial charge in [-0.05, 0) is 30.7 Å². The Kier molecular flexibility index (Phi) is 4.02. The number of carboxylic acids is 1. The molecule has 2 N–H and O–H groups in total. The highest BCUT2D eigenvalue weighted by molar-refractivity contribution is 5.97. The predicted molar refractivity (Wildman–Crippen MR) is 72.2 cm³/mol. The average Bonchev–Trinajstić information content (AvgIpc) is 2.80. The zero-order valence-corrected chi connectivity index (χ0v) is 11.5. The molecule has 2 rings (SSSR count). The van der Waals surface area contributed by atoms with Gasteiger partial charge in [0.15, 0.2) is 6.04 Å². The maximum atomic E-state index is 13.3. The fraction of sp³-hybridized carbons (Fsp3) is 0.214. The summed E-state index contributed by atoms with van der Waals surface area (Å²) in [6, 6.07) is 2.59. The first-order valence-electron chi connectivity index (χ1n) is 6.16. The summed E-state index contributed by atoms with van der Waals surface area (Å²) in [6.07, 6.45) is 2.85. The molecule has 6 nitrogen and oxygen atoms in total. The first kappa shape index (κ1) is 14.7. The number of halogens is 1. The van der Waals surface area contributed by atoms with E-state index in [1.165, 1.54) is 29.2 Å². The maximum absolute atomic E-state index is 13.3. The van der Waals surface area contributed by atoms with Crippen LogP contribution < -0.4 is 5.32 Å². The molecule has 1 heterocycles. The minimum atomic E-state index is -1.24. The Balaban J connectivity index is 2.24. The third-order valence-corrected chi connectivity index (χ3v) is 2.88. The molecule has 110 valence electrons. The van der Waals surface area contributed by atoms with E-state index < -0.39 is 23.7 Å². The van der Waals surface area contributed by atoms with E-state index in [0.29, 0.717) is 11.1 Å². The highest BCUT2D eigenvalue weighted by atomic mass is 19.1. The lowest BCUT2D eigenvalue weighted by molar-refractivity contribution is -0.139. The molecule has 21 heavy (non-hydrogen) atoms. The van der Waals surface area contributed by atoms with Crippen molar-refractivity contribution in [1.29, 1.82) is 0 Å². The van der Waals surface area contributed by atoms with Gasteiger partial charge in [-0.15, -0.1) is 0 Å². The van der Waals surface area contributed by atoms with E-state index in [-0.39, 0.29) is 5.56 Å². The number of rotatable bonds is 4. The Morgan fingerprint density at radius 2 is 2.10 bits per heavy atom. The van der Waals surface area contributed by atoms with Crippen molar-refractivity contribution in [1.82, 2.24) is 15.1 Å². The highest BCUT2D eigenvalue weighted by Gasteiger charge is 2.24. The van der Waals surface area contributed by atoms with Gasteiger partial charge in [0, 0.05) is 24.4 Å². The number of carboxylic acid groups (broad SMARTS) is 1. The van der Waals surface area contributed by atoms with Crippen molar-refractivity contribution in [3.63, 3.8) is 0 Å². The molecule has 1 aromatic heterocycles. The molecule has 1 atom stereocenters. The highest BCUT2D eigenvalue weighted by Crippen LogP contribution is 2.14. The van der Waals surface area contributed by atoms with Crippen molar-refractivity contribution >= 4 is 11.9 Å². The van der Waals surface area contributed by atoms with Crippen LogP contribution >= 0.6 is 0 Å². The second-order valence-electron chi connectivity index (χ2n) is 4.71. The number of carbonyl (C=O) groups excluding carboxylic acids is 1. The van der Waals surface area contributed by atoms with Crippen LogP contribution in [0, 0.1) is 12.7 Å². The van der Waals surface area contributed by atoms with Gasteiger partial charge in [0.2, 0.25) is 0 Å². The van der Waals surface area contributed by atoms with Crippen LogP contribution in [0.3, 0.4) is 0 Å². The molecular weight excluding hydrogens is 277 g/mol. The van der Waals surface area contributed by atoms with Crippen LogP contribution in [-0.2, 0) is 11.8 Å². The molecule has 0 saturated carbocycles. The second-order valence-corrected chi connectivity index (χ2v) is 4.71. The summed E-state index contributed by atoms with van der Waals surface area (Å²) in [6.45, 7) is 1.65. The lowest BCUT2D eigenvalue weighted by Gasteiger charge is -2.13. The van der Waals surface area contributed by atoms with Gasteiger partial charge in [0.1, 0.15) is 5.82 Å². The molecule has 0 bridgehead atoms. The Morgan fingerprint density at radius 3 is 2.62 bits per heavy atom. The lowest BCUT2D eigenvalue weighted by atomic mass is 10.1. The predicted octanol–water partition coefficient (Wildman–Crippen LogP) is 1.42. The Bertz CT molecular complexity index is 676. The molecule has 1 amide bonds. The number of hydrogen-bond acceptors (Lipinski definition) is 3. The summed E-state index contributed by atoms with van der Waals surface area (Å²) in [5, 5.41) is 15.4. The normalized spacial score (nSPS) is 12.0. The first-order valence-corrected chi connectivity index (χ1v) is 6.16. The lowest BCUT2D eigenvalue weighted by Crippen LogP contribution is -2.33. The number of aryl methyl sites for hydroxylation is 2. The number of amides is 1. The van der Waals surface area contributed by atoms with E-state index in [0.717, 1.165) is 6.07 Å². The van der Waals surface area contributed by atoms with Crippen molar-refractivity contribution < 1.29 is 19.1 Å². The Labute approximate surface area is 120 Å². The second kappa shape index (κ2) is 5.74. The SMILES string of the molecule is Cc1cc(F)cc(C(=O)NC(C(=O)O)c2cnn(C)c2)c1. The third kappa shape index (κ3) is 3.44. The van der Waals surface area contributed by atoms with E-state index in [1.807, 2.05) is 0 Å². The van der Waals surface area contributed by atoms with Gasteiger partial charge in [-0.2, -0.15) is 5.10 Å². The van der Waals surface area contributed by atoms with Crippen LogP contribution in [0.5, 0.6) is 0 Å². The van der Waals surface area contributed by atoms with Crippen molar-refractivity contribution in [2.75, 3.05) is 0 Å². The Morgan fingerprint density at radius 1 is 1.38 bits per heavy atom. The molecule has 0 radical (unpaired) electrons. The quantitative estimate of drug-likeness (QED) is 0.892. The van der Waals surface area contributed by atoms with E-state index >= 15 is 0 Å². The van der Waals surface area contributed by atoms with Crippen LogP contribution in [0.25, 0.3) is 0 Å². The average molecular weight is 291 g/mol. The fourth-order valence-corrected chi connectivity index (χ4v) is 1.96. The van der Waals surface area contributed by atoms with Crippen LogP contribution in [0.2, 0.25) is 0 Å². The van der Waals surface area contributed by atoms with Gasteiger partial charge < -0.3 is 10.4 Å². The zero-order valence-electron chi connectivity index (χ0n) is 11.5. The largest absolute Gasteiger partial charge is 0.479 e. The molecule has 1 unspecified atom stereocenters. The number of carbonyl (C=O) groups is 2. The minimum absolute atomic E-state index is 0.0719. The van der Waals surface area contributed by atoms with E-state index in [9.17, 15) is 19.1 Å². The molecule has 0 spiro atoms. The van der Waals surface area contributed by atoms with Gasteiger partial charge >= 0.3 is 5.97 Å². The van der Waals surface area contributed by atoms with E-state index in [2.05, 4.69) is 10.4 Å². The number of benzene rings is 1. The number of aliphatic carboxylic acids is 1. The molecule has 7 heteroatoms. The molecule has 1 aromatic carbocycles. The molecule has 0 aliphatic heterocycles. The number of nitrogens with zero attached hydrogens (tertiary/aromatic N) is 2. The first-order chi connectivity index (χ1) is 9.86. The number of aromatic nitrogens is 2. The molecule has 0 aliphatic rings. The van der Waals surface area contributed by atoms with Gasteiger partial charge in [0.05, 0.1) is 6.20 Å². The van der Waals surface area contributed by atoms with E-state index in [1.54, 1.807) is 14.0 Å². The van der Waals surface area contributed by atoms with Crippen molar-refractivity contribution in [3.05, 3.63) is 53.1 Å². The molecule has 0 saturated heterocycles. The molecule has 0 aliphatic carbocycles. The molecular formula is C14H14FN3O3. The number of hydrogen-bond donors (Lipinski definition) is 2. The summed E-state index contributed by atoms with van der Waals surface area (Å²) >= 11 is 0. The number of nitrogens with one attached hydrogen (secondary N) is 1. The summed E-state index contributed by atoms with van der Waals surface area (Å²) < 4.78 is 14.7. The monoisotopic (exact) mass is 291 g/mol. The third-order valence-electron chi connectivity index (χ3n) is 2.88. The summed E-state index contributed by atoms with van der Waals surface area (Å²) in [5.74, 6) is -2.42. The standard InChI is InChI=1S/C14H14FN3O3/c1-8-3-9(5-11(15)4-8)13(19)17-12(14(20)21)10-6-16-18(2)7-10/h3-7,12H,1-2H3,(H,17,19)(H,20,21). The van der Waals surface area contributed by atoms with Crippen LogP contribution in [0.15, 0.2) is 30.6 Å². The molecule has 0 fully saturated rings. The summed E-state index contributed by atoms with van der Waals surface area (Å²) in [5.41, 5.74) is 0.988. The Hall–Kier alpha value is -2.70. The maximum Gasteiger partial charge on any atom is 0.331 e. The summed E-state index contributed by atoms with van der Waals surface area (Å²) in [4.78, 5) is 23.4.